The van der Waals surface area contributed by atoms with Gasteiger partial charge in [-0.15, -0.1) is 0 Å². The van der Waals surface area contributed by atoms with Crippen LogP contribution < -0.4 is 10.4 Å². The van der Waals surface area contributed by atoms with Gasteiger partial charge in [0.15, 0.2) is 0 Å². The Morgan fingerprint density at radius 2 is 1.38 bits per heavy atom. The molecule has 0 saturated heterocycles. The van der Waals surface area contributed by atoms with Crippen molar-refractivity contribution >= 4 is 26.3 Å². The van der Waals surface area contributed by atoms with Gasteiger partial charge >= 0.3 is 7.82 Å². The van der Waals surface area contributed by atoms with Gasteiger partial charge in [0.1, 0.15) is 8.07 Å². The molecule has 0 heterocycles. The number of phosphoric ester groups is 1. The summed E-state index contributed by atoms with van der Waals surface area (Å²) in [7, 11) is -6.48. The van der Waals surface area contributed by atoms with Crippen LogP contribution in [0.5, 0.6) is 0 Å². The third kappa shape index (κ3) is 4.36. The molecule has 0 aliphatic carbocycles. The maximum absolute atomic E-state index is 10.9. The molecule has 2 rings (SSSR count). The molecule has 0 radical (unpaired) electrons. The van der Waals surface area contributed by atoms with E-state index in [1.807, 2.05) is 36.4 Å². The second-order valence-corrected chi connectivity index (χ2v) is 10.7. The first-order chi connectivity index (χ1) is 9.92. The summed E-state index contributed by atoms with van der Waals surface area (Å²) in [5.74, 6) is 0. The molecule has 0 bridgehead atoms. The lowest BCUT2D eigenvalue weighted by Crippen LogP contribution is -2.56. The minimum absolute atomic E-state index is 0.0524. The van der Waals surface area contributed by atoms with Crippen LogP contribution in [0.1, 0.15) is 0 Å². The molecule has 6 heteroatoms. The molecule has 4 nitrogen and oxygen atoms in total. The minimum Gasteiger partial charge on any atom is -0.303 e. The highest BCUT2D eigenvalue weighted by Gasteiger charge is 2.32. The van der Waals surface area contributed by atoms with E-state index >= 15 is 0 Å². The molecule has 0 atom stereocenters. The standard InChI is InChI=1S/C15H19O4PSi/c1-21(13-12-19-20(16,17)18,14-8-4-2-5-9-14)15-10-6-3-7-11-15/h2-11H,12-13H2,1H3,(H2,16,17,18). The smallest absolute Gasteiger partial charge is 0.303 e. The Hall–Kier alpha value is -1.23. The van der Waals surface area contributed by atoms with E-state index < -0.39 is 15.9 Å². The van der Waals surface area contributed by atoms with Gasteiger partial charge in [0, 0.05) is 0 Å². The maximum Gasteiger partial charge on any atom is 0.469 e. The molecule has 0 unspecified atom stereocenters. The summed E-state index contributed by atoms with van der Waals surface area (Å²) in [6.07, 6.45) is 0. The molecule has 0 aromatic heterocycles. The van der Waals surface area contributed by atoms with Crippen LogP contribution in [-0.4, -0.2) is 24.5 Å². The van der Waals surface area contributed by atoms with Crippen molar-refractivity contribution in [2.24, 2.45) is 0 Å². The molecule has 2 N–H and O–H groups in total. The quantitative estimate of drug-likeness (QED) is 0.630. The number of hydrogen-bond acceptors (Lipinski definition) is 2. The summed E-state index contributed by atoms with van der Waals surface area (Å²) < 4.78 is 15.5. The van der Waals surface area contributed by atoms with Crippen molar-refractivity contribution in [1.29, 1.82) is 0 Å². The molecule has 0 saturated carbocycles. The molecule has 0 aliphatic rings. The van der Waals surface area contributed by atoms with Gasteiger partial charge in [0.05, 0.1) is 6.61 Å². The van der Waals surface area contributed by atoms with Crippen molar-refractivity contribution in [2.75, 3.05) is 6.61 Å². The lowest BCUT2D eigenvalue weighted by Gasteiger charge is -2.28. The fourth-order valence-corrected chi connectivity index (χ4v) is 6.21. The van der Waals surface area contributed by atoms with E-state index in [1.54, 1.807) is 0 Å². The van der Waals surface area contributed by atoms with Crippen LogP contribution in [-0.2, 0) is 9.09 Å². The van der Waals surface area contributed by atoms with E-state index in [-0.39, 0.29) is 6.61 Å². The van der Waals surface area contributed by atoms with Crippen molar-refractivity contribution in [2.45, 2.75) is 12.6 Å². The first-order valence-electron chi connectivity index (χ1n) is 6.73. The highest BCUT2D eigenvalue weighted by atomic mass is 31.2. The third-order valence-electron chi connectivity index (χ3n) is 3.68. The molecule has 2 aromatic carbocycles. The van der Waals surface area contributed by atoms with Crippen LogP contribution in [0.15, 0.2) is 60.7 Å². The van der Waals surface area contributed by atoms with Crippen molar-refractivity contribution in [3.8, 4) is 0 Å². The Morgan fingerprint density at radius 1 is 0.952 bits per heavy atom. The Bertz CT molecular complexity index is 573. The van der Waals surface area contributed by atoms with Crippen LogP contribution in [0.2, 0.25) is 12.6 Å². The highest BCUT2D eigenvalue weighted by molar-refractivity contribution is 7.46. The molecular formula is C15H19O4PSi. The van der Waals surface area contributed by atoms with Gasteiger partial charge in [0.25, 0.3) is 0 Å². The van der Waals surface area contributed by atoms with E-state index in [0.29, 0.717) is 6.04 Å². The van der Waals surface area contributed by atoms with Crippen LogP contribution in [0, 0.1) is 0 Å². The largest absolute Gasteiger partial charge is 0.469 e. The number of rotatable bonds is 6. The maximum atomic E-state index is 10.9. The zero-order chi connectivity index (χ0) is 15.3. The summed E-state index contributed by atoms with van der Waals surface area (Å²) in [5.41, 5.74) is 0. The summed E-state index contributed by atoms with van der Waals surface area (Å²) in [6, 6.07) is 20.8. The van der Waals surface area contributed by atoms with Crippen molar-refractivity contribution in [1.82, 2.24) is 0 Å². The van der Waals surface area contributed by atoms with E-state index in [9.17, 15) is 4.57 Å². The van der Waals surface area contributed by atoms with Gasteiger partial charge < -0.3 is 9.79 Å². The second kappa shape index (κ2) is 6.69. The molecular weight excluding hydrogens is 303 g/mol. The molecule has 0 fully saturated rings. The first-order valence-corrected chi connectivity index (χ1v) is 11.0. The van der Waals surface area contributed by atoms with Crippen LogP contribution in [0.3, 0.4) is 0 Å². The molecule has 112 valence electrons. The average Bonchev–Trinajstić information content (AvgIpc) is 2.47. The van der Waals surface area contributed by atoms with E-state index in [4.69, 9.17) is 9.79 Å². The SMILES string of the molecule is C[Si](CCOP(=O)(O)O)(c1ccccc1)c1ccccc1. The van der Waals surface area contributed by atoms with Gasteiger partial charge in [-0.3, -0.25) is 4.52 Å². The minimum atomic E-state index is -4.41. The van der Waals surface area contributed by atoms with Crippen molar-refractivity contribution in [3.63, 3.8) is 0 Å². The molecule has 2 aromatic rings. The third-order valence-corrected chi connectivity index (χ3v) is 8.62. The lowest BCUT2D eigenvalue weighted by atomic mass is 10.4. The lowest BCUT2D eigenvalue weighted by molar-refractivity contribution is 0.206. The molecule has 0 spiro atoms. The Kier molecular flexibility index (Phi) is 5.14. The van der Waals surface area contributed by atoms with Gasteiger partial charge in [-0.2, -0.15) is 0 Å². The van der Waals surface area contributed by atoms with Gasteiger partial charge in [0.2, 0.25) is 0 Å². The summed E-state index contributed by atoms with van der Waals surface area (Å²) in [6.45, 7) is 2.25. The van der Waals surface area contributed by atoms with Crippen LogP contribution in [0.4, 0.5) is 0 Å². The highest BCUT2D eigenvalue weighted by Crippen LogP contribution is 2.36. The number of hydrogen-bond donors (Lipinski definition) is 2. The monoisotopic (exact) mass is 322 g/mol. The Morgan fingerprint density at radius 3 is 1.76 bits per heavy atom. The zero-order valence-corrected chi connectivity index (χ0v) is 13.7. The van der Waals surface area contributed by atoms with Crippen LogP contribution in [0.25, 0.3) is 0 Å². The summed E-state index contributed by atoms with van der Waals surface area (Å²) >= 11 is 0. The van der Waals surface area contributed by atoms with E-state index in [1.165, 1.54) is 10.4 Å². The van der Waals surface area contributed by atoms with E-state index in [0.717, 1.165) is 0 Å². The number of benzene rings is 2. The van der Waals surface area contributed by atoms with Gasteiger partial charge in [-0.25, -0.2) is 4.57 Å². The summed E-state index contributed by atoms with van der Waals surface area (Å²) in [4.78, 5) is 17.7. The van der Waals surface area contributed by atoms with E-state index in [2.05, 4.69) is 35.3 Å². The average molecular weight is 322 g/mol. The Balaban J connectivity index is 2.29. The van der Waals surface area contributed by atoms with Crippen molar-refractivity contribution in [3.05, 3.63) is 60.7 Å². The summed E-state index contributed by atoms with van der Waals surface area (Å²) in [5, 5.41) is 2.45. The fraction of sp³-hybridized carbons (Fsp3) is 0.200. The first kappa shape index (κ1) is 16.1. The van der Waals surface area contributed by atoms with Crippen molar-refractivity contribution < 1.29 is 18.9 Å². The van der Waals surface area contributed by atoms with Gasteiger partial charge in [-0.1, -0.05) is 77.6 Å². The second-order valence-electron chi connectivity index (χ2n) is 5.14. The topological polar surface area (TPSA) is 66.8 Å². The predicted molar refractivity (Wildman–Crippen MR) is 86.6 cm³/mol. The van der Waals surface area contributed by atoms with Crippen LogP contribution >= 0.6 is 7.82 Å². The Labute approximate surface area is 125 Å². The fourth-order valence-electron chi connectivity index (χ4n) is 2.44. The predicted octanol–water partition coefficient (Wildman–Crippen LogP) is 1.99. The normalized spacial score (nSPS) is 12.3. The zero-order valence-electron chi connectivity index (χ0n) is 11.8. The molecule has 21 heavy (non-hydrogen) atoms. The molecule has 0 amide bonds. The molecule has 0 aliphatic heterocycles. The van der Waals surface area contributed by atoms with Gasteiger partial charge in [-0.05, 0) is 6.04 Å². The number of phosphoric acid groups is 1.